The normalized spacial score (nSPS) is 21.0. The third kappa shape index (κ3) is 2.98. The fraction of sp³-hybridized carbons (Fsp3) is 0.471. The van der Waals surface area contributed by atoms with Crippen molar-refractivity contribution in [2.24, 2.45) is 5.92 Å². The van der Waals surface area contributed by atoms with Gasteiger partial charge in [0.05, 0.1) is 6.67 Å². The van der Waals surface area contributed by atoms with Gasteiger partial charge in [-0.15, -0.1) is 0 Å². The molecule has 2 aromatic rings. The van der Waals surface area contributed by atoms with Crippen LogP contribution in [0.1, 0.15) is 39.1 Å². The van der Waals surface area contributed by atoms with Gasteiger partial charge in [-0.25, -0.2) is 4.98 Å². The van der Waals surface area contributed by atoms with Crippen LogP contribution in [0, 0.1) is 26.7 Å². The van der Waals surface area contributed by atoms with Crippen molar-refractivity contribution in [1.82, 2.24) is 20.1 Å². The van der Waals surface area contributed by atoms with Crippen molar-refractivity contribution in [2.45, 2.75) is 26.7 Å². The lowest BCUT2D eigenvalue weighted by Gasteiger charge is -2.16. The Bertz CT molecular complexity index is 727. The molecule has 0 aliphatic carbocycles. The number of halogens is 1. The van der Waals surface area contributed by atoms with Gasteiger partial charge >= 0.3 is 0 Å². The summed E-state index contributed by atoms with van der Waals surface area (Å²) in [5, 5.41) is 6.94. The maximum absolute atomic E-state index is 13.4. The first-order valence-electron chi connectivity index (χ1n) is 7.81. The number of benzene rings is 1. The van der Waals surface area contributed by atoms with Crippen LogP contribution >= 0.6 is 0 Å². The van der Waals surface area contributed by atoms with Gasteiger partial charge in [0, 0.05) is 30.5 Å². The Morgan fingerprint density at radius 2 is 2.09 bits per heavy atom. The van der Waals surface area contributed by atoms with Crippen LogP contribution in [0.3, 0.4) is 0 Å². The van der Waals surface area contributed by atoms with Crippen LogP contribution in [0.15, 0.2) is 18.2 Å². The van der Waals surface area contributed by atoms with E-state index in [1.54, 1.807) is 4.90 Å². The number of hydrogen-bond donors (Lipinski definition) is 1. The van der Waals surface area contributed by atoms with E-state index in [-0.39, 0.29) is 17.7 Å². The fourth-order valence-electron chi connectivity index (χ4n) is 3.07. The van der Waals surface area contributed by atoms with Crippen LogP contribution in [0.5, 0.6) is 0 Å². The molecule has 23 heavy (non-hydrogen) atoms. The van der Waals surface area contributed by atoms with Crippen molar-refractivity contribution >= 4 is 5.91 Å². The number of carbonyl (C=O) groups is 1. The monoisotopic (exact) mass is 316 g/mol. The van der Waals surface area contributed by atoms with Gasteiger partial charge in [0.1, 0.15) is 5.82 Å². The highest BCUT2D eigenvalue weighted by atomic mass is 19.1. The van der Waals surface area contributed by atoms with Gasteiger partial charge in [-0.3, -0.25) is 14.3 Å². The first-order valence-corrected chi connectivity index (χ1v) is 7.81. The number of alkyl halides is 1. The molecule has 1 aliphatic rings. The van der Waals surface area contributed by atoms with Crippen LogP contribution in [-0.4, -0.2) is 45.8 Å². The molecule has 1 fully saturated rings. The smallest absolute Gasteiger partial charge is 0.253 e. The lowest BCUT2D eigenvalue weighted by molar-refractivity contribution is 0.0784. The molecular formula is C17H21FN4O. The molecule has 5 nitrogen and oxygen atoms in total. The molecule has 2 atom stereocenters. The number of aromatic amines is 1. The highest BCUT2D eigenvalue weighted by molar-refractivity contribution is 5.94. The van der Waals surface area contributed by atoms with Crippen molar-refractivity contribution in [3.63, 3.8) is 0 Å². The topological polar surface area (TPSA) is 61.9 Å². The molecule has 2 heterocycles. The molecule has 1 aromatic heterocycles. The molecule has 1 aromatic carbocycles. The number of likely N-dealkylation sites (tertiary alicyclic amines) is 1. The van der Waals surface area contributed by atoms with E-state index in [9.17, 15) is 9.18 Å². The summed E-state index contributed by atoms with van der Waals surface area (Å²) in [6, 6.07) is 5.67. The largest absolute Gasteiger partial charge is 0.337 e. The molecule has 0 saturated carbocycles. The second-order valence-electron chi connectivity index (χ2n) is 6.31. The molecule has 0 spiro atoms. The highest BCUT2D eigenvalue weighted by Crippen LogP contribution is 2.32. The predicted molar refractivity (Wildman–Crippen MR) is 85.1 cm³/mol. The van der Waals surface area contributed by atoms with Crippen LogP contribution in [-0.2, 0) is 0 Å². The van der Waals surface area contributed by atoms with E-state index in [1.807, 2.05) is 39.0 Å². The van der Waals surface area contributed by atoms with Crippen LogP contribution < -0.4 is 0 Å². The van der Waals surface area contributed by atoms with E-state index < -0.39 is 6.67 Å². The van der Waals surface area contributed by atoms with Crippen molar-refractivity contribution in [2.75, 3.05) is 19.8 Å². The molecule has 3 rings (SSSR count). The lowest BCUT2D eigenvalue weighted by atomic mass is 9.97. The maximum Gasteiger partial charge on any atom is 0.253 e. The van der Waals surface area contributed by atoms with E-state index in [1.165, 1.54) is 0 Å². The number of nitrogens with one attached hydrogen (secondary N) is 1. The Hall–Kier alpha value is -2.24. The summed E-state index contributed by atoms with van der Waals surface area (Å²) in [4.78, 5) is 18.7. The van der Waals surface area contributed by atoms with Gasteiger partial charge in [-0.2, -0.15) is 5.10 Å². The summed E-state index contributed by atoms with van der Waals surface area (Å²) in [5.74, 6) is 0.847. The zero-order valence-electron chi connectivity index (χ0n) is 13.6. The Balaban J connectivity index is 1.81. The number of amides is 1. The van der Waals surface area contributed by atoms with Crippen molar-refractivity contribution in [1.29, 1.82) is 0 Å². The highest BCUT2D eigenvalue weighted by Gasteiger charge is 2.38. The summed E-state index contributed by atoms with van der Waals surface area (Å²) in [6.45, 7) is 6.20. The average molecular weight is 316 g/mol. The molecule has 1 aliphatic heterocycles. The fourth-order valence-corrected chi connectivity index (χ4v) is 3.07. The molecule has 6 heteroatoms. The SMILES string of the molecule is Cc1nc([C@@H]2CN(C(=O)c3ccc(C)c(C)c3)C[C@H]2CF)n[nH]1. The minimum Gasteiger partial charge on any atom is -0.337 e. The molecule has 1 saturated heterocycles. The molecule has 0 bridgehead atoms. The second-order valence-corrected chi connectivity index (χ2v) is 6.31. The molecule has 0 unspecified atom stereocenters. The number of aromatic nitrogens is 3. The van der Waals surface area contributed by atoms with Gasteiger partial charge in [0.25, 0.3) is 5.91 Å². The van der Waals surface area contributed by atoms with Crippen molar-refractivity contribution < 1.29 is 9.18 Å². The van der Waals surface area contributed by atoms with E-state index in [0.29, 0.717) is 30.3 Å². The zero-order valence-corrected chi connectivity index (χ0v) is 13.6. The van der Waals surface area contributed by atoms with Gasteiger partial charge in [-0.1, -0.05) is 6.07 Å². The standard InChI is InChI=1S/C17H21FN4O/c1-10-4-5-13(6-11(10)2)17(23)22-8-14(7-18)15(9-22)16-19-12(3)20-21-16/h4-6,14-15H,7-9H2,1-3H3,(H,19,20,21)/t14-,15-/m1/s1. The van der Waals surface area contributed by atoms with Crippen molar-refractivity contribution in [3.8, 4) is 0 Å². The number of nitrogens with zero attached hydrogens (tertiary/aromatic N) is 3. The Kier molecular flexibility index (Phi) is 4.15. The molecular weight excluding hydrogens is 295 g/mol. The molecule has 1 N–H and O–H groups in total. The Morgan fingerprint density at radius 3 is 2.70 bits per heavy atom. The van der Waals surface area contributed by atoms with Crippen molar-refractivity contribution in [3.05, 3.63) is 46.5 Å². The van der Waals surface area contributed by atoms with E-state index in [2.05, 4.69) is 15.2 Å². The number of carbonyl (C=O) groups excluding carboxylic acids is 1. The molecule has 122 valence electrons. The van der Waals surface area contributed by atoms with Gasteiger partial charge < -0.3 is 4.90 Å². The van der Waals surface area contributed by atoms with Gasteiger partial charge in [0.15, 0.2) is 5.82 Å². The third-order valence-electron chi connectivity index (χ3n) is 4.63. The molecule has 1 amide bonds. The summed E-state index contributed by atoms with van der Waals surface area (Å²) in [6.07, 6.45) is 0. The summed E-state index contributed by atoms with van der Waals surface area (Å²) in [5.41, 5.74) is 2.88. The van der Waals surface area contributed by atoms with Crippen LogP contribution in [0.25, 0.3) is 0 Å². The predicted octanol–water partition coefficient (Wildman–Crippen LogP) is 2.56. The van der Waals surface area contributed by atoms with Gasteiger partial charge in [-0.05, 0) is 44.0 Å². The number of aryl methyl sites for hydroxylation is 3. The zero-order chi connectivity index (χ0) is 16.6. The minimum atomic E-state index is -0.477. The first-order chi connectivity index (χ1) is 11.0. The average Bonchev–Trinajstić information content (AvgIpc) is 3.15. The van der Waals surface area contributed by atoms with Gasteiger partial charge in [0.2, 0.25) is 0 Å². The van der Waals surface area contributed by atoms with E-state index in [0.717, 1.165) is 11.1 Å². The summed E-state index contributed by atoms with van der Waals surface area (Å²) < 4.78 is 13.4. The lowest BCUT2D eigenvalue weighted by Crippen LogP contribution is -2.29. The minimum absolute atomic E-state index is 0.0543. The third-order valence-corrected chi connectivity index (χ3v) is 4.63. The van der Waals surface area contributed by atoms with E-state index >= 15 is 0 Å². The number of hydrogen-bond acceptors (Lipinski definition) is 3. The maximum atomic E-state index is 13.4. The summed E-state index contributed by atoms with van der Waals surface area (Å²) >= 11 is 0. The molecule has 0 radical (unpaired) electrons. The number of H-pyrrole nitrogens is 1. The summed E-state index contributed by atoms with van der Waals surface area (Å²) in [7, 11) is 0. The second kappa shape index (κ2) is 6.10. The Morgan fingerprint density at radius 1 is 1.30 bits per heavy atom. The quantitative estimate of drug-likeness (QED) is 0.946. The van der Waals surface area contributed by atoms with Crippen LogP contribution in [0.2, 0.25) is 0 Å². The van der Waals surface area contributed by atoms with E-state index in [4.69, 9.17) is 0 Å². The first kappa shape index (κ1) is 15.6. The van der Waals surface area contributed by atoms with Crippen LogP contribution in [0.4, 0.5) is 4.39 Å². The number of rotatable bonds is 3. The Labute approximate surface area is 134 Å².